The van der Waals surface area contributed by atoms with Crippen LogP contribution in [0, 0.1) is 5.82 Å². The molecule has 1 heterocycles. The third-order valence-electron chi connectivity index (χ3n) is 3.63. The van der Waals surface area contributed by atoms with Gasteiger partial charge in [-0.1, -0.05) is 17.2 Å². The number of azide groups is 1. The predicted molar refractivity (Wildman–Crippen MR) is 91.5 cm³/mol. The molecule has 25 heavy (non-hydrogen) atoms. The average molecular weight is 343 g/mol. The number of fused-ring (bicyclic) bond motifs is 1. The Hall–Kier alpha value is -2.92. The Kier molecular flexibility index (Phi) is 4.95. The molecule has 1 aliphatic heterocycles. The highest BCUT2D eigenvalue weighted by Gasteiger charge is 2.25. The lowest BCUT2D eigenvalue weighted by Gasteiger charge is -2.28. The molecular weight excluding hydrogens is 325 g/mol. The number of para-hydroxylation sites is 1. The van der Waals surface area contributed by atoms with Gasteiger partial charge < -0.3 is 14.2 Å². The lowest BCUT2D eigenvalue weighted by molar-refractivity contribution is 0.0976. The van der Waals surface area contributed by atoms with Gasteiger partial charge in [-0.25, -0.2) is 4.39 Å². The van der Waals surface area contributed by atoms with E-state index in [1.54, 1.807) is 12.1 Å². The number of rotatable bonds is 5. The molecule has 0 aromatic heterocycles. The summed E-state index contributed by atoms with van der Waals surface area (Å²) in [5.41, 5.74) is 9.92. The van der Waals surface area contributed by atoms with E-state index in [0.29, 0.717) is 29.4 Å². The molecule has 0 N–H and O–H groups in total. The maximum absolute atomic E-state index is 13.7. The molecule has 1 atom stereocenters. The molecule has 0 radical (unpaired) electrons. The summed E-state index contributed by atoms with van der Waals surface area (Å²) in [6.45, 7) is 4.23. The van der Waals surface area contributed by atoms with E-state index in [1.165, 1.54) is 12.1 Å². The van der Waals surface area contributed by atoms with Crippen molar-refractivity contribution in [2.75, 3.05) is 13.2 Å². The van der Waals surface area contributed by atoms with Crippen LogP contribution in [0.3, 0.4) is 0 Å². The van der Waals surface area contributed by atoms with Gasteiger partial charge in [0.15, 0.2) is 11.5 Å². The van der Waals surface area contributed by atoms with Crippen molar-refractivity contribution in [3.8, 4) is 28.4 Å². The summed E-state index contributed by atoms with van der Waals surface area (Å²) in [7, 11) is 0. The molecule has 0 aliphatic carbocycles. The lowest BCUT2D eigenvalue weighted by Crippen LogP contribution is -2.31. The number of ether oxygens (including phenoxy) is 3. The van der Waals surface area contributed by atoms with E-state index in [4.69, 9.17) is 19.7 Å². The number of hydrogen-bond donors (Lipinski definition) is 0. The second kappa shape index (κ2) is 7.32. The molecule has 0 amide bonds. The molecular formula is C18H18FN3O3. The normalized spacial score (nSPS) is 15.6. The standard InChI is InChI=1S/C18H18FN3O3/c1-11(2)24-17-8-12(19)6-7-14(17)15-4-3-5-16-18(15)25-13(10-23-16)9-21-22-20/h3-8,11,13H,9-10H2,1-2H3/t13-/m0/s1. The fourth-order valence-corrected chi connectivity index (χ4v) is 2.63. The smallest absolute Gasteiger partial charge is 0.169 e. The van der Waals surface area contributed by atoms with E-state index < -0.39 is 0 Å². The zero-order chi connectivity index (χ0) is 17.8. The fourth-order valence-electron chi connectivity index (χ4n) is 2.63. The maximum Gasteiger partial charge on any atom is 0.169 e. The summed E-state index contributed by atoms with van der Waals surface area (Å²) in [5.74, 6) is 1.19. The Morgan fingerprint density at radius 1 is 1.32 bits per heavy atom. The summed E-state index contributed by atoms with van der Waals surface area (Å²) in [4.78, 5) is 2.75. The Balaban J connectivity index is 2.03. The average Bonchev–Trinajstić information content (AvgIpc) is 2.59. The van der Waals surface area contributed by atoms with Crippen LogP contribution in [0.25, 0.3) is 21.6 Å². The molecule has 7 heteroatoms. The zero-order valence-corrected chi connectivity index (χ0v) is 14.0. The molecule has 0 spiro atoms. The first-order valence-corrected chi connectivity index (χ1v) is 7.98. The van der Waals surface area contributed by atoms with E-state index in [0.717, 1.165) is 5.56 Å². The summed E-state index contributed by atoms with van der Waals surface area (Å²) in [6, 6.07) is 9.89. The minimum Gasteiger partial charge on any atom is -0.490 e. The van der Waals surface area contributed by atoms with E-state index in [9.17, 15) is 4.39 Å². The summed E-state index contributed by atoms with van der Waals surface area (Å²) in [6.07, 6.45) is -0.477. The molecule has 2 aromatic carbocycles. The lowest BCUT2D eigenvalue weighted by atomic mass is 10.0. The second-order valence-corrected chi connectivity index (χ2v) is 5.90. The van der Waals surface area contributed by atoms with Crippen molar-refractivity contribution in [2.24, 2.45) is 5.11 Å². The molecule has 6 nitrogen and oxygen atoms in total. The van der Waals surface area contributed by atoms with Crippen molar-refractivity contribution in [3.63, 3.8) is 0 Å². The first-order valence-electron chi connectivity index (χ1n) is 7.98. The molecule has 0 unspecified atom stereocenters. The van der Waals surface area contributed by atoms with Crippen LogP contribution in [0.5, 0.6) is 17.2 Å². The monoisotopic (exact) mass is 343 g/mol. The number of nitrogens with zero attached hydrogens (tertiary/aromatic N) is 3. The van der Waals surface area contributed by atoms with Crippen LogP contribution < -0.4 is 14.2 Å². The third-order valence-corrected chi connectivity index (χ3v) is 3.63. The van der Waals surface area contributed by atoms with Crippen LogP contribution in [0.1, 0.15) is 13.8 Å². The van der Waals surface area contributed by atoms with Gasteiger partial charge in [-0.15, -0.1) is 0 Å². The van der Waals surface area contributed by atoms with Crippen molar-refractivity contribution in [1.29, 1.82) is 0 Å². The van der Waals surface area contributed by atoms with Crippen molar-refractivity contribution in [3.05, 3.63) is 52.7 Å². The highest BCUT2D eigenvalue weighted by atomic mass is 19.1. The van der Waals surface area contributed by atoms with Crippen LogP contribution in [-0.2, 0) is 0 Å². The largest absolute Gasteiger partial charge is 0.490 e. The number of halogens is 1. The van der Waals surface area contributed by atoms with Gasteiger partial charge in [-0.05, 0) is 37.6 Å². The van der Waals surface area contributed by atoms with Gasteiger partial charge in [0.2, 0.25) is 0 Å². The van der Waals surface area contributed by atoms with Crippen LogP contribution >= 0.6 is 0 Å². The van der Waals surface area contributed by atoms with Gasteiger partial charge in [-0.3, -0.25) is 0 Å². The first-order chi connectivity index (χ1) is 12.1. The fraction of sp³-hybridized carbons (Fsp3) is 0.333. The van der Waals surface area contributed by atoms with Crippen LogP contribution in [0.4, 0.5) is 4.39 Å². The summed E-state index contributed by atoms with van der Waals surface area (Å²) in [5, 5.41) is 3.54. The van der Waals surface area contributed by atoms with Crippen molar-refractivity contribution >= 4 is 0 Å². The zero-order valence-electron chi connectivity index (χ0n) is 14.0. The summed E-state index contributed by atoms with van der Waals surface area (Å²) >= 11 is 0. The van der Waals surface area contributed by atoms with Crippen molar-refractivity contribution < 1.29 is 18.6 Å². The van der Waals surface area contributed by atoms with Crippen LogP contribution in [0.2, 0.25) is 0 Å². The number of hydrogen-bond acceptors (Lipinski definition) is 4. The molecule has 130 valence electrons. The molecule has 1 aliphatic rings. The van der Waals surface area contributed by atoms with Crippen LogP contribution in [-0.4, -0.2) is 25.4 Å². The molecule has 0 fully saturated rings. The SMILES string of the molecule is CC(C)Oc1cc(F)ccc1-c1cccc2c1O[C@@H](CN=[N+]=[N-])CO2. The second-order valence-electron chi connectivity index (χ2n) is 5.90. The molecule has 2 aromatic rings. The maximum atomic E-state index is 13.7. The van der Waals surface area contributed by atoms with Crippen LogP contribution in [0.15, 0.2) is 41.5 Å². The Bertz CT molecular complexity index is 819. The molecule has 0 saturated heterocycles. The van der Waals surface area contributed by atoms with E-state index in [-0.39, 0.29) is 24.6 Å². The topological polar surface area (TPSA) is 76.5 Å². The Morgan fingerprint density at radius 2 is 2.16 bits per heavy atom. The molecule has 3 rings (SSSR count). The first kappa shape index (κ1) is 16.9. The van der Waals surface area contributed by atoms with Gasteiger partial charge in [-0.2, -0.15) is 0 Å². The van der Waals surface area contributed by atoms with E-state index in [1.807, 2.05) is 26.0 Å². The minimum absolute atomic E-state index is 0.102. The summed E-state index contributed by atoms with van der Waals surface area (Å²) < 4.78 is 31.1. The van der Waals surface area contributed by atoms with Gasteiger partial charge in [0, 0.05) is 22.1 Å². The van der Waals surface area contributed by atoms with Crippen molar-refractivity contribution in [2.45, 2.75) is 26.1 Å². The predicted octanol–water partition coefficient (Wildman–Crippen LogP) is 4.73. The molecule has 0 bridgehead atoms. The third kappa shape index (κ3) is 3.78. The van der Waals surface area contributed by atoms with Gasteiger partial charge in [0.25, 0.3) is 0 Å². The van der Waals surface area contributed by atoms with Gasteiger partial charge >= 0.3 is 0 Å². The molecule has 0 saturated carbocycles. The van der Waals surface area contributed by atoms with Gasteiger partial charge in [0.05, 0.1) is 12.6 Å². The van der Waals surface area contributed by atoms with Crippen molar-refractivity contribution in [1.82, 2.24) is 0 Å². The quantitative estimate of drug-likeness (QED) is 0.447. The van der Waals surface area contributed by atoms with Gasteiger partial charge in [0.1, 0.15) is 24.3 Å². The van der Waals surface area contributed by atoms with E-state index in [2.05, 4.69) is 10.0 Å². The highest BCUT2D eigenvalue weighted by Crippen LogP contribution is 2.44. The highest BCUT2D eigenvalue weighted by molar-refractivity contribution is 5.78. The Morgan fingerprint density at radius 3 is 2.92 bits per heavy atom. The minimum atomic E-state index is -0.375. The Labute approximate surface area is 144 Å². The van der Waals surface area contributed by atoms with E-state index >= 15 is 0 Å². The number of benzene rings is 2.